The third kappa shape index (κ3) is 4.00. The van der Waals surface area contributed by atoms with Crippen molar-refractivity contribution in [3.63, 3.8) is 0 Å². The summed E-state index contributed by atoms with van der Waals surface area (Å²) in [5.74, 6) is -1.14. The lowest BCUT2D eigenvalue weighted by Crippen LogP contribution is -2.39. The maximum absolute atomic E-state index is 11.8. The third-order valence-electron chi connectivity index (χ3n) is 2.54. The van der Waals surface area contributed by atoms with Crippen LogP contribution in [0.15, 0.2) is 30.3 Å². The molecule has 17 heavy (non-hydrogen) atoms. The summed E-state index contributed by atoms with van der Waals surface area (Å²) < 4.78 is 0. The van der Waals surface area contributed by atoms with E-state index in [4.69, 9.17) is 5.73 Å². The van der Waals surface area contributed by atoms with Gasteiger partial charge in [0.15, 0.2) is 5.78 Å². The number of nitrogens with one attached hydrogen (secondary N) is 1. The molecule has 92 valence electrons. The van der Waals surface area contributed by atoms with Gasteiger partial charge in [-0.15, -0.1) is 0 Å². The third-order valence-corrected chi connectivity index (χ3v) is 2.54. The molecular weight excluding hydrogens is 216 g/mol. The van der Waals surface area contributed by atoms with Gasteiger partial charge in [0.05, 0.1) is 6.54 Å². The van der Waals surface area contributed by atoms with Gasteiger partial charge in [-0.2, -0.15) is 0 Å². The van der Waals surface area contributed by atoms with Crippen molar-refractivity contribution >= 4 is 11.7 Å². The predicted molar refractivity (Wildman–Crippen MR) is 66.4 cm³/mol. The Kier molecular flexibility index (Phi) is 5.36. The molecule has 0 radical (unpaired) electrons. The minimum absolute atomic E-state index is 0.103. The van der Waals surface area contributed by atoms with Gasteiger partial charge in [-0.3, -0.25) is 9.59 Å². The van der Waals surface area contributed by atoms with E-state index in [2.05, 4.69) is 5.32 Å². The average Bonchev–Trinajstić information content (AvgIpc) is 2.36. The van der Waals surface area contributed by atoms with Crippen LogP contribution < -0.4 is 11.1 Å². The van der Waals surface area contributed by atoms with Crippen LogP contribution in [-0.2, 0) is 16.0 Å². The zero-order valence-corrected chi connectivity index (χ0v) is 9.98. The first-order chi connectivity index (χ1) is 8.19. The van der Waals surface area contributed by atoms with Crippen LogP contribution in [0.4, 0.5) is 0 Å². The molecular formula is C13H18N2O2. The largest absolute Gasteiger partial charge is 0.356 e. The Labute approximate surface area is 101 Å². The van der Waals surface area contributed by atoms with E-state index < -0.39 is 5.92 Å². The summed E-state index contributed by atoms with van der Waals surface area (Å²) in [6.07, 6.45) is 0.405. The van der Waals surface area contributed by atoms with E-state index in [-0.39, 0.29) is 18.2 Å². The van der Waals surface area contributed by atoms with Crippen molar-refractivity contribution in [1.29, 1.82) is 0 Å². The number of carbonyl (C=O) groups excluding carboxylic acids is 2. The molecule has 0 aliphatic heterocycles. The molecule has 4 nitrogen and oxygen atoms in total. The van der Waals surface area contributed by atoms with Crippen LogP contribution in [0.25, 0.3) is 0 Å². The monoisotopic (exact) mass is 234 g/mol. The number of hydrogen-bond donors (Lipinski definition) is 2. The molecule has 0 aromatic heterocycles. The van der Waals surface area contributed by atoms with Gasteiger partial charge in [0, 0.05) is 6.54 Å². The maximum Gasteiger partial charge on any atom is 0.230 e. The number of ketones is 1. The molecule has 0 saturated heterocycles. The van der Waals surface area contributed by atoms with Gasteiger partial charge < -0.3 is 11.1 Å². The van der Waals surface area contributed by atoms with Crippen molar-refractivity contribution in [3.8, 4) is 0 Å². The minimum Gasteiger partial charge on any atom is -0.356 e. The summed E-state index contributed by atoms with van der Waals surface area (Å²) in [5, 5.41) is 2.67. The van der Waals surface area contributed by atoms with Crippen LogP contribution in [0.5, 0.6) is 0 Å². The quantitative estimate of drug-likeness (QED) is 0.704. The van der Waals surface area contributed by atoms with Crippen molar-refractivity contribution in [2.24, 2.45) is 11.7 Å². The van der Waals surface area contributed by atoms with E-state index >= 15 is 0 Å². The molecule has 0 bridgehead atoms. The second-order valence-corrected chi connectivity index (χ2v) is 3.81. The van der Waals surface area contributed by atoms with Crippen LogP contribution in [0, 0.1) is 5.92 Å². The van der Waals surface area contributed by atoms with E-state index in [0.717, 1.165) is 5.56 Å². The molecule has 1 aromatic carbocycles. The Morgan fingerprint density at radius 1 is 1.29 bits per heavy atom. The molecule has 0 fully saturated rings. The molecule has 1 unspecified atom stereocenters. The second-order valence-electron chi connectivity index (χ2n) is 3.81. The van der Waals surface area contributed by atoms with Crippen molar-refractivity contribution in [3.05, 3.63) is 35.9 Å². The van der Waals surface area contributed by atoms with Gasteiger partial charge in [-0.1, -0.05) is 30.3 Å². The standard InChI is InChI=1S/C13H18N2O2/c1-2-15-13(17)11(12(16)9-14)8-10-6-4-3-5-7-10/h3-7,11H,2,8-9,14H2,1H3,(H,15,17). The Balaban J connectivity index is 2.77. The fraction of sp³-hybridized carbons (Fsp3) is 0.385. The number of Topliss-reactive ketones (excluding diaryl/α,β-unsaturated/α-hetero) is 1. The van der Waals surface area contributed by atoms with E-state index in [9.17, 15) is 9.59 Å². The highest BCUT2D eigenvalue weighted by Crippen LogP contribution is 2.10. The Hall–Kier alpha value is -1.68. The average molecular weight is 234 g/mol. The number of amides is 1. The predicted octanol–water partition coefficient (Wildman–Crippen LogP) is 0.509. The molecule has 4 heteroatoms. The molecule has 1 aromatic rings. The normalized spacial score (nSPS) is 11.9. The first-order valence-corrected chi connectivity index (χ1v) is 5.73. The summed E-state index contributed by atoms with van der Waals surface area (Å²) in [4.78, 5) is 23.4. The van der Waals surface area contributed by atoms with Gasteiger partial charge in [0.2, 0.25) is 5.91 Å². The van der Waals surface area contributed by atoms with Gasteiger partial charge >= 0.3 is 0 Å². The number of nitrogens with two attached hydrogens (primary N) is 1. The van der Waals surface area contributed by atoms with Crippen LogP contribution in [0.1, 0.15) is 12.5 Å². The SMILES string of the molecule is CCNC(=O)C(Cc1ccccc1)C(=O)CN. The Bertz CT molecular complexity index is 376. The highest BCUT2D eigenvalue weighted by Gasteiger charge is 2.24. The Morgan fingerprint density at radius 2 is 1.94 bits per heavy atom. The highest BCUT2D eigenvalue weighted by molar-refractivity contribution is 6.02. The van der Waals surface area contributed by atoms with Crippen LogP contribution >= 0.6 is 0 Å². The van der Waals surface area contributed by atoms with Gasteiger partial charge in [0.25, 0.3) is 0 Å². The second kappa shape index (κ2) is 6.81. The van der Waals surface area contributed by atoms with Crippen molar-refractivity contribution < 1.29 is 9.59 Å². The fourth-order valence-electron chi connectivity index (χ4n) is 1.64. The zero-order chi connectivity index (χ0) is 12.7. The maximum atomic E-state index is 11.8. The fourth-order valence-corrected chi connectivity index (χ4v) is 1.64. The summed E-state index contributed by atoms with van der Waals surface area (Å²) in [5.41, 5.74) is 6.29. The molecule has 0 spiro atoms. The lowest BCUT2D eigenvalue weighted by Gasteiger charge is -2.14. The van der Waals surface area contributed by atoms with E-state index in [1.807, 2.05) is 37.3 Å². The van der Waals surface area contributed by atoms with Crippen LogP contribution in [0.2, 0.25) is 0 Å². The lowest BCUT2D eigenvalue weighted by atomic mass is 9.94. The van der Waals surface area contributed by atoms with E-state index in [0.29, 0.717) is 13.0 Å². The molecule has 0 heterocycles. The Morgan fingerprint density at radius 3 is 2.47 bits per heavy atom. The summed E-state index contributed by atoms with van der Waals surface area (Å²) in [7, 11) is 0. The first kappa shape index (κ1) is 13.4. The number of benzene rings is 1. The van der Waals surface area contributed by atoms with E-state index in [1.54, 1.807) is 0 Å². The summed E-state index contributed by atoms with van der Waals surface area (Å²) in [6.45, 7) is 2.24. The number of hydrogen-bond acceptors (Lipinski definition) is 3. The topological polar surface area (TPSA) is 72.2 Å². The molecule has 0 saturated carbocycles. The minimum atomic E-state index is -0.678. The molecule has 1 rings (SSSR count). The van der Waals surface area contributed by atoms with Crippen LogP contribution in [0.3, 0.4) is 0 Å². The zero-order valence-electron chi connectivity index (χ0n) is 9.98. The molecule has 1 atom stereocenters. The summed E-state index contributed by atoms with van der Waals surface area (Å²) >= 11 is 0. The highest BCUT2D eigenvalue weighted by atomic mass is 16.2. The molecule has 3 N–H and O–H groups in total. The number of rotatable bonds is 6. The van der Waals surface area contributed by atoms with Gasteiger partial charge in [-0.05, 0) is 18.9 Å². The van der Waals surface area contributed by atoms with Crippen LogP contribution in [-0.4, -0.2) is 24.8 Å². The molecule has 0 aliphatic rings. The van der Waals surface area contributed by atoms with E-state index in [1.165, 1.54) is 0 Å². The smallest absolute Gasteiger partial charge is 0.230 e. The lowest BCUT2D eigenvalue weighted by molar-refractivity contribution is -0.133. The molecule has 1 amide bonds. The number of carbonyl (C=O) groups is 2. The van der Waals surface area contributed by atoms with Crippen molar-refractivity contribution in [2.45, 2.75) is 13.3 Å². The van der Waals surface area contributed by atoms with Gasteiger partial charge in [-0.25, -0.2) is 0 Å². The molecule has 0 aliphatic carbocycles. The van der Waals surface area contributed by atoms with Crippen molar-refractivity contribution in [1.82, 2.24) is 5.32 Å². The summed E-state index contributed by atoms with van der Waals surface area (Å²) in [6, 6.07) is 9.47. The van der Waals surface area contributed by atoms with Crippen molar-refractivity contribution in [2.75, 3.05) is 13.1 Å². The first-order valence-electron chi connectivity index (χ1n) is 5.73. The van der Waals surface area contributed by atoms with Gasteiger partial charge in [0.1, 0.15) is 5.92 Å².